The Hall–Kier alpha value is -3.73. The highest BCUT2D eigenvalue weighted by Gasteiger charge is 2.31. The first-order chi connectivity index (χ1) is 17.5. The Morgan fingerprint density at radius 1 is 0.892 bits per heavy atom. The van der Waals surface area contributed by atoms with Crippen LogP contribution < -0.4 is 21.7 Å². The number of aromatic nitrogens is 2. The number of H-pyrrole nitrogens is 1. The molecule has 2 aromatic rings. The van der Waals surface area contributed by atoms with Gasteiger partial charge in [-0.1, -0.05) is 58.0 Å². The van der Waals surface area contributed by atoms with Crippen LogP contribution in [-0.4, -0.2) is 62.9 Å². The SMILES string of the molecule is CC(C)CC(NC(=O)C(Cc1cnc[nH]1)NC(=O)C(N)C(C)C)C(=O)NC(Cc1ccccc1)C(=O)O. The molecule has 11 nitrogen and oxygen atoms in total. The molecule has 7 N–H and O–H groups in total. The molecule has 0 spiro atoms. The lowest BCUT2D eigenvalue weighted by molar-refractivity contribution is -0.142. The summed E-state index contributed by atoms with van der Waals surface area (Å²) in [6, 6.07) is 4.92. The van der Waals surface area contributed by atoms with Crippen LogP contribution in [0, 0.1) is 11.8 Å². The van der Waals surface area contributed by atoms with Crippen LogP contribution >= 0.6 is 0 Å². The minimum Gasteiger partial charge on any atom is -0.480 e. The number of carboxylic acids is 1. The number of hydrogen-bond donors (Lipinski definition) is 6. The van der Waals surface area contributed by atoms with E-state index in [2.05, 4.69) is 25.9 Å². The molecule has 0 aliphatic rings. The van der Waals surface area contributed by atoms with Gasteiger partial charge in [-0.25, -0.2) is 9.78 Å². The van der Waals surface area contributed by atoms with Crippen LogP contribution in [0.2, 0.25) is 0 Å². The van der Waals surface area contributed by atoms with Gasteiger partial charge in [0.25, 0.3) is 0 Å². The first-order valence-corrected chi connectivity index (χ1v) is 12.4. The average molecular weight is 515 g/mol. The second-order valence-corrected chi connectivity index (χ2v) is 9.89. The zero-order chi connectivity index (χ0) is 27.5. The van der Waals surface area contributed by atoms with Gasteiger partial charge < -0.3 is 31.8 Å². The Balaban J connectivity index is 2.19. The second-order valence-electron chi connectivity index (χ2n) is 9.89. The summed E-state index contributed by atoms with van der Waals surface area (Å²) in [4.78, 5) is 57.8. The van der Waals surface area contributed by atoms with Crippen molar-refractivity contribution in [2.24, 2.45) is 17.6 Å². The van der Waals surface area contributed by atoms with Crippen molar-refractivity contribution in [3.63, 3.8) is 0 Å². The number of nitrogens with zero attached hydrogens (tertiary/aromatic N) is 1. The highest BCUT2D eigenvalue weighted by molar-refractivity contribution is 5.94. The number of nitrogens with one attached hydrogen (secondary N) is 4. The highest BCUT2D eigenvalue weighted by Crippen LogP contribution is 2.10. The maximum atomic E-state index is 13.3. The summed E-state index contributed by atoms with van der Waals surface area (Å²) in [5, 5.41) is 17.6. The molecule has 0 fully saturated rings. The quantitative estimate of drug-likeness (QED) is 0.215. The number of carbonyl (C=O) groups excluding carboxylic acids is 3. The van der Waals surface area contributed by atoms with Gasteiger partial charge >= 0.3 is 5.97 Å². The number of aromatic amines is 1. The zero-order valence-electron chi connectivity index (χ0n) is 21.7. The van der Waals surface area contributed by atoms with Crippen LogP contribution in [0.3, 0.4) is 0 Å². The van der Waals surface area contributed by atoms with E-state index in [0.29, 0.717) is 5.69 Å². The fourth-order valence-electron chi connectivity index (χ4n) is 3.69. The molecule has 0 aliphatic carbocycles. The summed E-state index contributed by atoms with van der Waals surface area (Å²) in [5.41, 5.74) is 7.32. The van der Waals surface area contributed by atoms with Crippen molar-refractivity contribution < 1.29 is 24.3 Å². The molecule has 0 saturated heterocycles. The molecule has 1 aromatic heterocycles. The molecule has 37 heavy (non-hydrogen) atoms. The van der Waals surface area contributed by atoms with E-state index in [-0.39, 0.29) is 31.1 Å². The van der Waals surface area contributed by atoms with Crippen molar-refractivity contribution in [2.75, 3.05) is 0 Å². The lowest BCUT2D eigenvalue weighted by Crippen LogP contribution is -2.58. The third-order valence-electron chi connectivity index (χ3n) is 5.87. The van der Waals surface area contributed by atoms with Crippen LogP contribution in [0.1, 0.15) is 45.4 Å². The Bertz CT molecular complexity index is 1030. The lowest BCUT2D eigenvalue weighted by Gasteiger charge is -2.26. The summed E-state index contributed by atoms with van der Waals surface area (Å²) in [7, 11) is 0. The summed E-state index contributed by atoms with van der Waals surface area (Å²) >= 11 is 0. The maximum Gasteiger partial charge on any atom is 0.326 e. The number of carbonyl (C=O) groups is 4. The van der Waals surface area contributed by atoms with Crippen molar-refractivity contribution in [3.05, 3.63) is 54.1 Å². The number of carboxylic acid groups (broad SMARTS) is 1. The predicted molar refractivity (Wildman–Crippen MR) is 138 cm³/mol. The van der Waals surface area contributed by atoms with Crippen molar-refractivity contribution in [1.29, 1.82) is 0 Å². The summed E-state index contributed by atoms with van der Waals surface area (Å²) in [6.45, 7) is 7.37. The van der Waals surface area contributed by atoms with Crippen molar-refractivity contribution in [1.82, 2.24) is 25.9 Å². The Morgan fingerprint density at radius 3 is 2.03 bits per heavy atom. The molecule has 3 amide bonds. The molecule has 1 aromatic carbocycles. The third-order valence-corrected chi connectivity index (χ3v) is 5.87. The van der Waals surface area contributed by atoms with E-state index in [9.17, 15) is 24.3 Å². The largest absolute Gasteiger partial charge is 0.480 e. The number of aliphatic carboxylic acids is 1. The highest BCUT2D eigenvalue weighted by atomic mass is 16.4. The molecule has 202 valence electrons. The Morgan fingerprint density at radius 2 is 1.49 bits per heavy atom. The average Bonchev–Trinajstić information content (AvgIpc) is 3.35. The van der Waals surface area contributed by atoms with E-state index >= 15 is 0 Å². The van der Waals surface area contributed by atoms with E-state index in [1.54, 1.807) is 38.1 Å². The van der Waals surface area contributed by atoms with Gasteiger partial charge in [0.15, 0.2) is 0 Å². The smallest absolute Gasteiger partial charge is 0.326 e. The van der Waals surface area contributed by atoms with E-state index in [1.165, 1.54) is 12.5 Å². The monoisotopic (exact) mass is 514 g/mol. The number of imidazole rings is 1. The van der Waals surface area contributed by atoms with Gasteiger partial charge in [-0.05, 0) is 23.8 Å². The number of rotatable bonds is 14. The van der Waals surface area contributed by atoms with Crippen LogP contribution in [0.15, 0.2) is 42.9 Å². The number of hydrogen-bond acceptors (Lipinski definition) is 6. The Labute approximate surface area is 217 Å². The number of benzene rings is 1. The van der Waals surface area contributed by atoms with E-state index in [4.69, 9.17) is 5.73 Å². The number of nitrogens with two attached hydrogens (primary N) is 1. The van der Waals surface area contributed by atoms with Gasteiger partial charge in [0.05, 0.1) is 12.4 Å². The van der Waals surface area contributed by atoms with Crippen LogP contribution in [0.5, 0.6) is 0 Å². The van der Waals surface area contributed by atoms with Gasteiger partial charge in [0.1, 0.15) is 18.1 Å². The zero-order valence-corrected chi connectivity index (χ0v) is 21.7. The second kappa shape index (κ2) is 14.1. The normalized spacial score (nSPS) is 14.5. The van der Waals surface area contributed by atoms with Crippen molar-refractivity contribution in [2.45, 2.75) is 71.1 Å². The van der Waals surface area contributed by atoms with Gasteiger partial charge in [0.2, 0.25) is 17.7 Å². The Kier molecular flexibility index (Phi) is 11.3. The standard InChI is InChI=1S/C26H38N6O5/c1-15(2)10-19(23(33)32-21(26(36)37)11-17-8-6-5-7-9-17)30-24(34)20(12-18-13-28-14-29-18)31-25(35)22(27)16(3)4/h5-9,13-16,19-22H,10-12,27H2,1-4H3,(H,28,29)(H,30,34)(H,31,35)(H,32,33)(H,36,37). The topological polar surface area (TPSA) is 179 Å². The molecule has 0 radical (unpaired) electrons. The molecule has 0 saturated carbocycles. The van der Waals surface area contributed by atoms with E-state index in [0.717, 1.165) is 5.56 Å². The van der Waals surface area contributed by atoms with Crippen molar-refractivity contribution in [3.8, 4) is 0 Å². The minimum atomic E-state index is -1.18. The number of amides is 3. The first-order valence-electron chi connectivity index (χ1n) is 12.4. The molecular formula is C26H38N6O5. The molecule has 1 heterocycles. The molecule has 4 unspecified atom stereocenters. The van der Waals surface area contributed by atoms with Gasteiger partial charge in [-0.3, -0.25) is 14.4 Å². The molecule has 11 heteroatoms. The molecule has 0 bridgehead atoms. The van der Waals surface area contributed by atoms with Gasteiger partial charge in [0, 0.05) is 24.7 Å². The van der Waals surface area contributed by atoms with Gasteiger partial charge in [-0.2, -0.15) is 0 Å². The van der Waals surface area contributed by atoms with Gasteiger partial charge in [-0.15, -0.1) is 0 Å². The maximum absolute atomic E-state index is 13.3. The fraction of sp³-hybridized carbons (Fsp3) is 0.500. The summed E-state index contributed by atoms with van der Waals surface area (Å²) in [6.07, 6.45) is 3.46. The molecule has 4 atom stereocenters. The molecular weight excluding hydrogens is 476 g/mol. The van der Waals surface area contributed by atoms with Crippen LogP contribution in [0.25, 0.3) is 0 Å². The molecule has 2 rings (SSSR count). The lowest BCUT2D eigenvalue weighted by atomic mass is 10.00. The van der Waals surface area contributed by atoms with Crippen LogP contribution in [0.4, 0.5) is 0 Å². The summed E-state index contributed by atoms with van der Waals surface area (Å²) < 4.78 is 0. The van der Waals surface area contributed by atoms with Crippen molar-refractivity contribution >= 4 is 23.7 Å². The van der Waals surface area contributed by atoms with E-state index < -0.39 is 47.9 Å². The minimum absolute atomic E-state index is 0.0171. The van der Waals surface area contributed by atoms with E-state index in [1.807, 2.05) is 19.9 Å². The third kappa shape index (κ3) is 9.68. The molecule has 0 aliphatic heterocycles. The first kappa shape index (κ1) is 29.5. The predicted octanol–water partition coefficient (Wildman–Crippen LogP) is 0.763. The van der Waals surface area contributed by atoms with Crippen LogP contribution in [-0.2, 0) is 32.0 Å². The summed E-state index contributed by atoms with van der Waals surface area (Å²) in [5.74, 6) is -3.01. The fourth-order valence-corrected chi connectivity index (χ4v) is 3.69.